The second-order valence-corrected chi connectivity index (χ2v) is 7.60. The smallest absolute Gasteiger partial charge is 0.205 e. The van der Waals surface area contributed by atoms with E-state index in [-0.39, 0.29) is 29.4 Å². The summed E-state index contributed by atoms with van der Waals surface area (Å²) >= 11 is 0. The monoisotopic (exact) mass is 400 g/mol. The molecule has 0 amide bonds. The number of benzene rings is 2. The third kappa shape index (κ3) is 3.78. The summed E-state index contributed by atoms with van der Waals surface area (Å²) < 4.78 is 11.4. The minimum absolute atomic E-state index is 0.0621. The molecule has 2 aromatic rings. The van der Waals surface area contributed by atoms with E-state index >= 15 is 0 Å². The fraction of sp³-hybridized carbons (Fsp3) is 0.364. The van der Waals surface area contributed by atoms with Crippen molar-refractivity contribution in [2.75, 3.05) is 6.61 Å². The number of rotatable bonds is 7. The highest BCUT2D eigenvalue weighted by Gasteiger charge is 2.43. The molecule has 1 atom stereocenters. The number of ketones is 2. The van der Waals surface area contributed by atoms with E-state index in [1.165, 1.54) is 24.3 Å². The zero-order chi connectivity index (χ0) is 21.5. The van der Waals surface area contributed by atoms with Gasteiger partial charge in [-0.15, -0.1) is 0 Å². The molecule has 2 aromatic carbocycles. The predicted molar refractivity (Wildman–Crippen MR) is 105 cm³/mol. The molecular weight excluding hydrogens is 376 g/mol. The van der Waals surface area contributed by atoms with E-state index in [0.29, 0.717) is 12.2 Å². The average Bonchev–Trinajstić information content (AvgIpc) is 3.48. The van der Waals surface area contributed by atoms with Crippen molar-refractivity contribution >= 4 is 11.6 Å². The highest BCUT2D eigenvalue weighted by atomic mass is 16.6. The Morgan fingerprint density at radius 1 is 1.10 bits per heavy atom. The summed E-state index contributed by atoms with van der Waals surface area (Å²) in [5.41, 5.74) is -1.08. The highest BCUT2D eigenvalue weighted by Crippen LogP contribution is 2.41. The van der Waals surface area contributed by atoms with Crippen molar-refractivity contribution in [2.45, 2.75) is 45.8 Å². The molecule has 1 heterocycles. The lowest BCUT2D eigenvalue weighted by Crippen LogP contribution is -2.36. The van der Waals surface area contributed by atoms with Crippen LogP contribution in [-0.4, -0.2) is 45.2 Å². The third-order valence-electron chi connectivity index (χ3n) is 4.99. The summed E-state index contributed by atoms with van der Waals surface area (Å²) in [6.45, 7) is 7.45. The lowest BCUT2D eigenvalue weighted by molar-refractivity contribution is 0.0707. The summed E-state index contributed by atoms with van der Waals surface area (Å²) in [6.07, 6.45) is -0.0891. The molecule has 0 bridgehead atoms. The van der Waals surface area contributed by atoms with Gasteiger partial charge in [-0.25, -0.2) is 0 Å². The molecule has 29 heavy (non-hydrogen) atoms. The first-order valence-electron chi connectivity index (χ1n) is 9.34. The van der Waals surface area contributed by atoms with Crippen molar-refractivity contribution in [3.05, 3.63) is 46.5 Å². The molecule has 154 valence electrons. The van der Waals surface area contributed by atoms with Gasteiger partial charge in [-0.2, -0.15) is 0 Å². The first kappa shape index (κ1) is 20.7. The second-order valence-electron chi connectivity index (χ2n) is 7.60. The predicted octanol–water partition coefficient (Wildman–Crippen LogP) is 3.49. The Labute approximate surface area is 168 Å². The van der Waals surface area contributed by atoms with Gasteiger partial charge in [-0.1, -0.05) is 13.0 Å². The number of aryl methyl sites for hydroxylation is 1. The SMILES string of the molecule is CCC(=O)c1c(OC(C)(C)C2CO2)c(C)cc(O)c1C(=O)c1c(O)cccc1O. The Morgan fingerprint density at radius 2 is 1.69 bits per heavy atom. The molecule has 7 nitrogen and oxygen atoms in total. The van der Waals surface area contributed by atoms with Gasteiger partial charge < -0.3 is 24.8 Å². The van der Waals surface area contributed by atoms with Crippen molar-refractivity contribution in [3.8, 4) is 23.0 Å². The van der Waals surface area contributed by atoms with Gasteiger partial charge in [-0.05, 0) is 44.5 Å². The van der Waals surface area contributed by atoms with Gasteiger partial charge in [0.15, 0.2) is 5.78 Å². The quantitative estimate of drug-likeness (QED) is 0.481. The van der Waals surface area contributed by atoms with E-state index in [9.17, 15) is 24.9 Å². The van der Waals surface area contributed by atoms with Crippen LogP contribution in [-0.2, 0) is 4.74 Å². The van der Waals surface area contributed by atoms with Gasteiger partial charge in [0.25, 0.3) is 0 Å². The van der Waals surface area contributed by atoms with Crippen LogP contribution in [0.5, 0.6) is 23.0 Å². The van der Waals surface area contributed by atoms with Crippen LogP contribution in [0.25, 0.3) is 0 Å². The van der Waals surface area contributed by atoms with E-state index in [2.05, 4.69) is 0 Å². The van der Waals surface area contributed by atoms with Crippen molar-refractivity contribution in [1.29, 1.82) is 0 Å². The number of phenolic OH excluding ortho intramolecular Hbond substituents is 3. The first-order valence-corrected chi connectivity index (χ1v) is 9.34. The van der Waals surface area contributed by atoms with Crippen LogP contribution in [0, 0.1) is 6.92 Å². The molecule has 0 aliphatic carbocycles. The van der Waals surface area contributed by atoms with Crippen LogP contribution in [0.4, 0.5) is 0 Å². The fourth-order valence-corrected chi connectivity index (χ4v) is 3.25. The molecule has 0 spiro atoms. The van der Waals surface area contributed by atoms with E-state index < -0.39 is 40.0 Å². The first-order chi connectivity index (χ1) is 13.6. The van der Waals surface area contributed by atoms with Crippen molar-refractivity contribution in [2.24, 2.45) is 0 Å². The van der Waals surface area contributed by atoms with E-state index in [4.69, 9.17) is 9.47 Å². The van der Waals surface area contributed by atoms with Gasteiger partial charge in [0.05, 0.1) is 17.7 Å². The maximum atomic E-state index is 13.2. The Kier molecular flexibility index (Phi) is 5.28. The Hall–Kier alpha value is -3.06. The molecule has 1 unspecified atom stereocenters. The van der Waals surface area contributed by atoms with Gasteiger partial charge in [0.2, 0.25) is 5.78 Å². The minimum Gasteiger partial charge on any atom is -0.507 e. The number of phenols is 3. The second kappa shape index (κ2) is 7.40. The standard InChI is InChI=1S/C22H24O7/c1-5-12(23)19-18(20(27)17-13(24)7-6-8-14(17)25)15(26)9-11(2)21(19)29-22(3,4)16-10-28-16/h6-9,16,24-26H,5,10H2,1-4H3. The van der Waals surface area contributed by atoms with Crippen LogP contribution in [0.15, 0.2) is 24.3 Å². The highest BCUT2D eigenvalue weighted by molar-refractivity contribution is 6.20. The molecule has 1 aliphatic heterocycles. The molecule has 0 radical (unpaired) electrons. The molecule has 1 aliphatic rings. The number of Topliss-reactive ketones (excluding diaryl/α,β-unsaturated/α-hetero) is 1. The number of aromatic hydroxyl groups is 3. The van der Waals surface area contributed by atoms with E-state index in [0.717, 1.165) is 0 Å². The Morgan fingerprint density at radius 3 is 2.21 bits per heavy atom. The zero-order valence-corrected chi connectivity index (χ0v) is 16.8. The number of carbonyl (C=O) groups excluding carboxylic acids is 2. The number of ether oxygens (including phenoxy) is 2. The summed E-state index contributed by atoms with van der Waals surface area (Å²) in [4.78, 5) is 26.0. The van der Waals surface area contributed by atoms with Crippen molar-refractivity contribution in [1.82, 2.24) is 0 Å². The van der Waals surface area contributed by atoms with Gasteiger partial charge in [0, 0.05) is 6.42 Å². The topological polar surface area (TPSA) is 117 Å². The normalized spacial score (nSPS) is 15.8. The molecule has 0 saturated carbocycles. The summed E-state index contributed by atoms with van der Waals surface area (Å²) in [5, 5.41) is 30.8. The maximum absolute atomic E-state index is 13.2. The molecule has 7 heteroatoms. The van der Waals surface area contributed by atoms with Gasteiger partial charge >= 0.3 is 0 Å². The van der Waals surface area contributed by atoms with E-state index in [1.807, 2.05) is 13.8 Å². The average molecular weight is 400 g/mol. The van der Waals surface area contributed by atoms with Crippen LogP contribution < -0.4 is 4.74 Å². The van der Waals surface area contributed by atoms with Crippen LogP contribution in [0.3, 0.4) is 0 Å². The largest absolute Gasteiger partial charge is 0.507 e. The summed E-state index contributed by atoms with van der Waals surface area (Å²) in [6, 6.07) is 5.19. The maximum Gasteiger partial charge on any atom is 0.205 e. The molecule has 3 rings (SSSR count). The molecule has 3 N–H and O–H groups in total. The Bertz CT molecular complexity index is 967. The van der Waals surface area contributed by atoms with Crippen molar-refractivity contribution < 1.29 is 34.4 Å². The molecule has 1 saturated heterocycles. The number of carbonyl (C=O) groups is 2. The Balaban J connectivity index is 2.24. The van der Waals surface area contributed by atoms with Gasteiger partial charge in [0.1, 0.15) is 40.3 Å². The van der Waals surface area contributed by atoms with Crippen molar-refractivity contribution in [3.63, 3.8) is 0 Å². The van der Waals surface area contributed by atoms with Crippen LogP contribution in [0.1, 0.15) is 59.0 Å². The van der Waals surface area contributed by atoms with Crippen LogP contribution >= 0.6 is 0 Å². The van der Waals surface area contributed by atoms with Crippen LogP contribution in [0.2, 0.25) is 0 Å². The minimum atomic E-state index is -0.875. The third-order valence-corrected chi connectivity index (χ3v) is 4.99. The lowest BCUT2D eigenvalue weighted by atomic mass is 9.90. The van der Waals surface area contributed by atoms with E-state index in [1.54, 1.807) is 13.8 Å². The molecule has 0 aromatic heterocycles. The number of hydrogen-bond acceptors (Lipinski definition) is 7. The zero-order valence-electron chi connectivity index (χ0n) is 16.8. The fourth-order valence-electron chi connectivity index (χ4n) is 3.25. The summed E-state index contributed by atoms with van der Waals surface area (Å²) in [5.74, 6) is -2.46. The number of hydrogen-bond donors (Lipinski definition) is 3. The molecular formula is C22H24O7. The molecule has 1 fully saturated rings. The lowest BCUT2D eigenvalue weighted by Gasteiger charge is -2.28. The van der Waals surface area contributed by atoms with Gasteiger partial charge in [-0.3, -0.25) is 9.59 Å². The number of epoxide rings is 1. The summed E-state index contributed by atoms with van der Waals surface area (Å²) in [7, 11) is 0.